The van der Waals surface area contributed by atoms with Crippen LogP contribution in [0.4, 0.5) is 5.82 Å². The van der Waals surface area contributed by atoms with Crippen molar-refractivity contribution in [3.8, 4) is 22.8 Å². The van der Waals surface area contributed by atoms with E-state index in [2.05, 4.69) is 15.5 Å². The van der Waals surface area contributed by atoms with E-state index in [1.807, 2.05) is 36.4 Å². The summed E-state index contributed by atoms with van der Waals surface area (Å²) in [5.41, 5.74) is 3.47. The average Bonchev–Trinajstić information content (AvgIpc) is 3.15. The third-order valence-electron chi connectivity index (χ3n) is 4.80. The molecule has 8 heteroatoms. The highest BCUT2D eigenvalue weighted by Gasteiger charge is 2.32. The first-order chi connectivity index (χ1) is 14.1. The molecule has 0 saturated carbocycles. The molecule has 1 aromatic heterocycles. The lowest BCUT2D eigenvalue weighted by Crippen LogP contribution is -2.23. The molecule has 0 aliphatic carbocycles. The number of aromatic nitrogens is 2. The predicted molar refractivity (Wildman–Crippen MR) is 105 cm³/mol. The zero-order chi connectivity index (χ0) is 20.4. The Morgan fingerprint density at radius 3 is 2.72 bits per heavy atom. The summed E-state index contributed by atoms with van der Waals surface area (Å²) in [7, 11) is 1.48. The van der Waals surface area contributed by atoms with Crippen LogP contribution in [0.3, 0.4) is 0 Å². The second-order valence-electron chi connectivity index (χ2n) is 6.62. The summed E-state index contributed by atoms with van der Waals surface area (Å²) in [4.78, 5) is 23.2. The summed E-state index contributed by atoms with van der Waals surface area (Å²) in [6.07, 6.45) is 0.233. The first kappa shape index (κ1) is 18.5. The Morgan fingerprint density at radius 2 is 2.00 bits per heavy atom. The van der Waals surface area contributed by atoms with Gasteiger partial charge in [-0.25, -0.2) is 4.79 Å². The number of carbonyl (C=O) groups excluding carboxylic acids is 1. The van der Waals surface area contributed by atoms with Crippen LogP contribution in [0, 0.1) is 0 Å². The minimum absolute atomic E-state index is 0.141. The van der Waals surface area contributed by atoms with E-state index in [9.17, 15) is 9.59 Å². The lowest BCUT2D eigenvalue weighted by Gasteiger charge is -2.24. The van der Waals surface area contributed by atoms with E-state index >= 15 is 0 Å². The predicted octanol–water partition coefficient (Wildman–Crippen LogP) is 3.02. The highest BCUT2D eigenvalue weighted by atomic mass is 16.5. The number of methoxy groups -OCH3 is 1. The standard InChI is InChI=1S/C21H19N3O5/c1-28-15-8-7-13(9-16(15)29-11-18(26)27)14-10-17(25)22-21-19(14)20(23-24-21)12-5-3-2-4-6-12/h2-9,14H,10-11H2,1H3,(H,26,27)(H2,22,23,24,25). The van der Waals surface area contributed by atoms with Crippen molar-refractivity contribution in [1.29, 1.82) is 0 Å². The normalized spacial score (nSPS) is 15.3. The lowest BCUT2D eigenvalue weighted by atomic mass is 9.84. The van der Waals surface area contributed by atoms with Gasteiger partial charge >= 0.3 is 5.97 Å². The van der Waals surface area contributed by atoms with E-state index in [1.165, 1.54) is 7.11 Å². The van der Waals surface area contributed by atoms with E-state index in [0.29, 0.717) is 17.3 Å². The number of fused-ring (bicyclic) bond motifs is 1. The first-order valence-electron chi connectivity index (χ1n) is 9.03. The summed E-state index contributed by atoms with van der Waals surface area (Å²) < 4.78 is 10.7. The van der Waals surface area contributed by atoms with Gasteiger partial charge in [-0.3, -0.25) is 9.89 Å². The van der Waals surface area contributed by atoms with Gasteiger partial charge in [-0.1, -0.05) is 36.4 Å². The molecule has 3 N–H and O–H groups in total. The van der Waals surface area contributed by atoms with E-state index in [4.69, 9.17) is 14.6 Å². The smallest absolute Gasteiger partial charge is 0.341 e. The van der Waals surface area contributed by atoms with Crippen LogP contribution in [0.5, 0.6) is 11.5 Å². The molecule has 0 bridgehead atoms. The van der Waals surface area contributed by atoms with Crippen molar-refractivity contribution in [2.45, 2.75) is 12.3 Å². The van der Waals surface area contributed by atoms with Gasteiger partial charge in [-0.2, -0.15) is 5.10 Å². The maximum Gasteiger partial charge on any atom is 0.341 e. The fourth-order valence-electron chi connectivity index (χ4n) is 3.53. The molecule has 1 aliphatic rings. The molecule has 1 atom stereocenters. The summed E-state index contributed by atoms with van der Waals surface area (Å²) in [6.45, 7) is -0.489. The number of ether oxygens (including phenoxy) is 2. The Balaban J connectivity index is 1.79. The number of aromatic amines is 1. The molecule has 8 nitrogen and oxygen atoms in total. The van der Waals surface area contributed by atoms with Crippen molar-refractivity contribution >= 4 is 17.7 Å². The second kappa shape index (κ2) is 7.67. The fraction of sp³-hybridized carbons (Fsp3) is 0.190. The number of hydrogen-bond donors (Lipinski definition) is 3. The molecule has 0 fully saturated rings. The van der Waals surface area contributed by atoms with Gasteiger partial charge in [0.25, 0.3) is 0 Å². The van der Waals surface area contributed by atoms with Crippen LogP contribution in [0.1, 0.15) is 23.5 Å². The number of aliphatic carboxylic acids is 1. The Morgan fingerprint density at radius 1 is 1.21 bits per heavy atom. The average molecular weight is 393 g/mol. The quantitative estimate of drug-likeness (QED) is 0.593. The van der Waals surface area contributed by atoms with Gasteiger partial charge in [0.1, 0.15) is 0 Å². The van der Waals surface area contributed by atoms with Gasteiger partial charge < -0.3 is 19.9 Å². The zero-order valence-electron chi connectivity index (χ0n) is 15.6. The first-order valence-corrected chi connectivity index (χ1v) is 9.03. The van der Waals surface area contributed by atoms with Crippen LogP contribution in [0.2, 0.25) is 0 Å². The molecule has 1 unspecified atom stereocenters. The Bertz CT molecular complexity index is 1060. The maximum atomic E-state index is 12.3. The molecule has 29 heavy (non-hydrogen) atoms. The molecular weight excluding hydrogens is 374 g/mol. The summed E-state index contributed by atoms with van der Waals surface area (Å²) in [6, 6.07) is 15.0. The van der Waals surface area contributed by atoms with Crippen LogP contribution < -0.4 is 14.8 Å². The minimum atomic E-state index is -1.09. The zero-order valence-corrected chi connectivity index (χ0v) is 15.6. The van der Waals surface area contributed by atoms with Crippen LogP contribution in [0.15, 0.2) is 48.5 Å². The molecule has 148 valence electrons. The Hall–Kier alpha value is -3.81. The summed E-state index contributed by atoms with van der Waals surface area (Å²) >= 11 is 0. The third kappa shape index (κ3) is 3.64. The fourth-order valence-corrected chi connectivity index (χ4v) is 3.53. The van der Waals surface area contributed by atoms with Gasteiger partial charge in [-0.05, 0) is 23.3 Å². The van der Waals surface area contributed by atoms with Crippen molar-refractivity contribution < 1.29 is 24.2 Å². The number of amides is 1. The van der Waals surface area contributed by atoms with Crippen molar-refractivity contribution in [3.63, 3.8) is 0 Å². The van der Waals surface area contributed by atoms with Gasteiger partial charge in [0.05, 0.1) is 12.8 Å². The van der Waals surface area contributed by atoms with E-state index < -0.39 is 12.6 Å². The minimum Gasteiger partial charge on any atom is -0.493 e. The second-order valence-corrected chi connectivity index (χ2v) is 6.62. The van der Waals surface area contributed by atoms with Gasteiger partial charge in [-0.15, -0.1) is 0 Å². The number of anilines is 1. The van der Waals surface area contributed by atoms with Crippen LogP contribution in [-0.2, 0) is 9.59 Å². The van der Waals surface area contributed by atoms with Crippen molar-refractivity contribution in [1.82, 2.24) is 10.2 Å². The number of nitrogens with one attached hydrogen (secondary N) is 2. The largest absolute Gasteiger partial charge is 0.493 e. The Labute approximate surface area is 166 Å². The van der Waals surface area contributed by atoms with Crippen LogP contribution >= 0.6 is 0 Å². The number of rotatable bonds is 6. The third-order valence-corrected chi connectivity index (χ3v) is 4.80. The van der Waals surface area contributed by atoms with Crippen LogP contribution in [-0.4, -0.2) is 40.9 Å². The molecule has 0 saturated heterocycles. The van der Waals surface area contributed by atoms with Crippen molar-refractivity contribution in [2.75, 3.05) is 19.0 Å². The molecule has 0 spiro atoms. The number of carboxylic acid groups (broad SMARTS) is 1. The molecule has 1 aliphatic heterocycles. The monoisotopic (exact) mass is 393 g/mol. The molecule has 2 aromatic carbocycles. The highest BCUT2D eigenvalue weighted by Crippen LogP contribution is 2.43. The molecule has 4 rings (SSSR count). The van der Waals surface area contributed by atoms with Gasteiger partial charge in [0.15, 0.2) is 23.9 Å². The molecule has 2 heterocycles. The molecule has 1 amide bonds. The van der Waals surface area contributed by atoms with E-state index in [0.717, 1.165) is 22.4 Å². The van der Waals surface area contributed by atoms with E-state index in [1.54, 1.807) is 12.1 Å². The SMILES string of the molecule is COc1ccc(C2CC(=O)Nc3n[nH]c(-c4ccccc4)c32)cc1OCC(=O)O. The van der Waals surface area contributed by atoms with E-state index in [-0.39, 0.29) is 18.2 Å². The highest BCUT2D eigenvalue weighted by molar-refractivity contribution is 5.96. The van der Waals surface area contributed by atoms with Crippen molar-refractivity contribution in [2.24, 2.45) is 0 Å². The summed E-state index contributed by atoms with van der Waals surface area (Å²) in [5.74, 6) is -0.272. The number of carbonyl (C=O) groups is 2. The van der Waals surface area contributed by atoms with Gasteiger partial charge in [0.2, 0.25) is 5.91 Å². The number of H-pyrrole nitrogens is 1. The summed E-state index contributed by atoms with van der Waals surface area (Å²) in [5, 5.41) is 19.1. The maximum absolute atomic E-state index is 12.3. The number of benzene rings is 2. The molecule has 3 aromatic rings. The Kier molecular flexibility index (Phi) is 4.90. The van der Waals surface area contributed by atoms with Crippen molar-refractivity contribution in [3.05, 3.63) is 59.7 Å². The molecule has 0 radical (unpaired) electrons. The van der Waals surface area contributed by atoms with Gasteiger partial charge in [0, 0.05) is 17.9 Å². The number of hydrogen-bond acceptors (Lipinski definition) is 5. The lowest BCUT2D eigenvalue weighted by molar-refractivity contribution is -0.139. The topological polar surface area (TPSA) is 114 Å². The number of carboxylic acids is 1. The molecular formula is C21H19N3O5. The number of nitrogens with zero attached hydrogens (tertiary/aromatic N) is 1. The van der Waals surface area contributed by atoms with Crippen LogP contribution in [0.25, 0.3) is 11.3 Å².